The maximum absolute atomic E-state index is 13.2. The number of thioether (sulfide) groups is 1. The van der Waals surface area contributed by atoms with Crippen molar-refractivity contribution in [3.8, 4) is 0 Å². The van der Waals surface area contributed by atoms with Crippen LogP contribution in [-0.4, -0.2) is 11.7 Å². The Morgan fingerprint density at radius 1 is 1.33 bits per heavy atom. The van der Waals surface area contributed by atoms with E-state index in [1.807, 2.05) is 0 Å². The molecule has 0 saturated heterocycles. The number of halogens is 2. The fourth-order valence-electron chi connectivity index (χ4n) is 1.69. The monoisotopic (exact) mass is 324 g/mol. The highest BCUT2D eigenvalue weighted by Crippen LogP contribution is 2.29. The molecule has 21 heavy (non-hydrogen) atoms. The summed E-state index contributed by atoms with van der Waals surface area (Å²) < 4.78 is 13.2. The van der Waals surface area contributed by atoms with Crippen LogP contribution in [0.5, 0.6) is 0 Å². The van der Waals surface area contributed by atoms with Crippen LogP contribution < -0.4 is 11.1 Å². The summed E-state index contributed by atoms with van der Waals surface area (Å²) in [5, 5.41) is 3.23. The Kier molecular flexibility index (Phi) is 5.09. The lowest BCUT2D eigenvalue weighted by Crippen LogP contribution is -2.15. The molecule has 0 aliphatic rings. The van der Waals surface area contributed by atoms with Gasteiger partial charge in [-0.05, 0) is 42.8 Å². The van der Waals surface area contributed by atoms with Crippen molar-refractivity contribution in [3.05, 3.63) is 52.8 Å². The summed E-state index contributed by atoms with van der Waals surface area (Å²) in [5.41, 5.74) is 7.54. The molecule has 0 spiro atoms. The molecule has 0 radical (unpaired) electrons. The first kappa shape index (κ1) is 15.7. The number of nitrogen functional groups attached to an aromatic ring is 1. The number of nitrogens with one attached hydrogen (secondary N) is 1. The summed E-state index contributed by atoms with van der Waals surface area (Å²) in [6, 6.07) is 9.37. The summed E-state index contributed by atoms with van der Waals surface area (Å²) in [7, 11) is 0. The molecule has 0 saturated carbocycles. The van der Waals surface area contributed by atoms with E-state index in [1.54, 1.807) is 31.2 Å². The molecule has 0 fully saturated rings. The lowest BCUT2D eigenvalue weighted by atomic mass is 10.2. The van der Waals surface area contributed by atoms with Gasteiger partial charge in [0.2, 0.25) is 5.91 Å². The summed E-state index contributed by atoms with van der Waals surface area (Å²) in [6.45, 7) is 1.80. The maximum atomic E-state index is 13.2. The second-order valence-corrected chi connectivity index (χ2v) is 5.91. The number of anilines is 2. The zero-order valence-electron chi connectivity index (χ0n) is 11.3. The highest BCUT2D eigenvalue weighted by Gasteiger charge is 2.09. The van der Waals surface area contributed by atoms with E-state index in [2.05, 4.69) is 5.32 Å². The van der Waals surface area contributed by atoms with Gasteiger partial charge in [0.15, 0.2) is 0 Å². The van der Waals surface area contributed by atoms with E-state index < -0.39 is 0 Å². The summed E-state index contributed by atoms with van der Waals surface area (Å²) in [6.07, 6.45) is 0. The van der Waals surface area contributed by atoms with E-state index in [4.69, 9.17) is 17.3 Å². The quantitative estimate of drug-likeness (QED) is 0.657. The van der Waals surface area contributed by atoms with Crippen LogP contribution in [0, 0.1) is 12.7 Å². The maximum Gasteiger partial charge on any atom is 0.234 e. The minimum atomic E-state index is -0.387. The van der Waals surface area contributed by atoms with Crippen molar-refractivity contribution in [3.63, 3.8) is 0 Å². The van der Waals surface area contributed by atoms with E-state index in [0.717, 1.165) is 10.5 Å². The van der Waals surface area contributed by atoms with Crippen LogP contribution in [0.15, 0.2) is 41.3 Å². The van der Waals surface area contributed by atoms with Crippen molar-refractivity contribution in [2.24, 2.45) is 0 Å². The lowest BCUT2D eigenvalue weighted by molar-refractivity contribution is -0.113. The standard InChI is InChI=1S/C15H14ClFN2OS/c1-9-2-3-10(17)6-13(9)19-15(20)8-21-14-7-11(18)4-5-12(14)16/h2-7H,8,18H2,1H3,(H,19,20). The minimum absolute atomic E-state index is 0.166. The van der Waals surface area contributed by atoms with Crippen molar-refractivity contribution >= 4 is 40.6 Å². The fraction of sp³-hybridized carbons (Fsp3) is 0.133. The highest BCUT2D eigenvalue weighted by atomic mass is 35.5. The summed E-state index contributed by atoms with van der Waals surface area (Å²) in [4.78, 5) is 12.7. The van der Waals surface area contributed by atoms with Gasteiger partial charge in [-0.1, -0.05) is 17.7 Å². The van der Waals surface area contributed by atoms with Crippen LogP contribution >= 0.6 is 23.4 Å². The molecule has 0 aliphatic carbocycles. The van der Waals surface area contributed by atoms with E-state index in [-0.39, 0.29) is 17.5 Å². The molecular formula is C15H14ClFN2OS. The number of hydrogen-bond donors (Lipinski definition) is 2. The smallest absolute Gasteiger partial charge is 0.234 e. The first-order chi connectivity index (χ1) is 9.95. The van der Waals surface area contributed by atoms with Crippen molar-refractivity contribution in [1.29, 1.82) is 0 Å². The van der Waals surface area contributed by atoms with Gasteiger partial charge in [0, 0.05) is 16.3 Å². The molecule has 0 unspecified atom stereocenters. The molecule has 0 aliphatic heterocycles. The molecule has 3 N–H and O–H groups in total. The highest BCUT2D eigenvalue weighted by molar-refractivity contribution is 8.00. The SMILES string of the molecule is Cc1ccc(F)cc1NC(=O)CSc1cc(N)ccc1Cl. The second-order valence-electron chi connectivity index (χ2n) is 4.49. The molecule has 110 valence electrons. The zero-order valence-corrected chi connectivity index (χ0v) is 12.9. The molecule has 2 aromatic rings. The summed E-state index contributed by atoms with van der Waals surface area (Å²) >= 11 is 7.31. The lowest BCUT2D eigenvalue weighted by Gasteiger charge is -2.09. The van der Waals surface area contributed by atoms with Crippen LogP contribution in [0.2, 0.25) is 5.02 Å². The molecule has 2 aromatic carbocycles. The third-order valence-corrected chi connectivity index (χ3v) is 4.28. The van der Waals surface area contributed by atoms with Gasteiger partial charge in [-0.25, -0.2) is 4.39 Å². The van der Waals surface area contributed by atoms with Crippen molar-refractivity contribution in [1.82, 2.24) is 0 Å². The Labute approximate surface area is 131 Å². The van der Waals surface area contributed by atoms with E-state index >= 15 is 0 Å². The van der Waals surface area contributed by atoms with Gasteiger partial charge in [0.1, 0.15) is 5.82 Å². The first-order valence-corrected chi connectivity index (χ1v) is 7.56. The number of nitrogens with two attached hydrogens (primary N) is 1. The average Bonchev–Trinajstić information content (AvgIpc) is 2.44. The number of carbonyl (C=O) groups excluding carboxylic acids is 1. The number of aryl methyl sites for hydroxylation is 1. The molecule has 0 aromatic heterocycles. The first-order valence-electron chi connectivity index (χ1n) is 6.19. The second kappa shape index (κ2) is 6.83. The van der Waals surface area contributed by atoms with E-state index in [1.165, 1.54) is 23.9 Å². The van der Waals surface area contributed by atoms with Crippen molar-refractivity contribution < 1.29 is 9.18 Å². The Morgan fingerprint density at radius 2 is 2.10 bits per heavy atom. The third kappa shape index (κ3) is 4.37. The Balaban J connectivity index is 1.99. The Bertz CT molecular complexity index is 679. The molecule has 6 heteroatoms. The number of rotatable bonds is 4. The number of amides is 1. The van der Waals surface area contributed by atoms with E-state index in [0.29, 0.717) is 16.4 Å². The average molecular weight is 325 g/mol. The van der Waals surface area contributed by atoms with E-state index in [9.17, 15) is 9.18 Å². The van der Waals surface area contributed by atoms with Gasteiger partial charge in [-0.15, -0.1) is 11.8 Å². The predicted molar refractivity (Wildman–Crippen MR) is 86.4 cm³/mol. The molecule has 0 heterocycles. The van der Waals surface area contributed by atoms with Crippen LogP contribution in [0.4, 0.5) is 15.8 Å². The largest absolute Gasteiger partial charge is 0.399 e. The zero-order chi connectivity index (χ0) is 15.4. The third-order valence-electron chi connectivity index (χ3n) is 2.79. The topological polar surface area (TPSA) is 55.1 Å². The van der Waals surface area contributed by atoms with Crippen LogP contribution in [0.1, 0.15) is 5.56 Å². The van der Waals surface area contributed by atoms with Gasteiger partial charge < -0.3 is 11.1 Å². The van der Waals surface area contributed by atoms with Gasteiger partial charge in [0.25, 0.3) is 0 Å². The Hall–Kier alpha value is -1.72. The predicted octanol–water partition coefficient (Wildman–Crippen LogP) is 4.10. The molecule has 3 nitrogen and oxygen atoms in total. The van der Waals surface area contributed by atoms with Gasteiger partial charge in [0.05, 0.1) is 10.8 Å². The number of benzene rings is 2. The van der Waals surface area contributed by atoms with Crippen molar-refractivity contribution in [2.75, 3.05) is 16.8 Å². The molecule has 2 rings (SSSR count). The van der Waals surface area contributed by atoms with Gasteiger partial charge in [-0.2, -0.15) is 0 Å². The van der Waals surface area contributed by atoms with Crippen molar-refractivity contribution in [2.45, 2.75) is 11.8 Å². The van der Waals surface area contributed by atoms with Crippen LogP contribution in [-0.2, 0) is 4.79 Å². The minimum Gasteiger partial charge on any atom is -0.399 e. The van der Waals surface area contributed by atoms with Gasteiger partial charge >= 0.3 is 0 Å². The van der Waals surface area contributed by atoms with Crippen LogP contribution in [0.3, 0.4) is 0 Å². The molecule has 0 atom stereocenters. The molecule has 1 amide bonds. The number of hydrogen-bond acceptors (Lipinski definition) is 3. The normalized spacial score (nSPS) is 10.4. The fourth-order valence-corrected chi connectivity index (χ4v) is 2.75. The molecule has 0 bridgehead atoms. The Morgan fingerprint density at radius 3 is 2.86 bits per heavy atom. The van der Waals surface area contributed by atoms with Crippen LogP contribution in [0.25, 0.3) is 0 Å². The summed E-state index contributed by atoms with van der Waals surface area (Å²) in [5.74, 6) is -0.450. The van der Waals surface area contributed by atoms with Gasteiger partial charge in [-0.3, -0.25) is 4.79 Å². The number of carbonyl (C=O) groups is 1. The molecular weight excluding hydrogens is 311 g/mol.